The Hall–Kier alpha value is -0.520. The molecule has 0 aliphatic rings. The van der Waals surface area contributed by atoms with Crippen LogP contribution in [0.3, 0.4) is 0 Å². The van der Waals surface area contributed by atoms with Crippen molar-refractivity contribution in [3.63, 3.8) is 0 Å². The Kier molecular flexibility index (Phi) is 9.35. The van der Waals surface area contributed by atoms with E-state index in [2.05, 4.69) is 5.32 Å². The predicted molar refractivity (Wildman–Crippen MR) is 113 cm³/mol. The lowest BCUT2D eigenvalue weighted by Crippen LogP contribution is -2.27. The van der Waals surface area contributed by atoms with E-state index in [0.717, 1.165) is 27.8 Å². The van der Waals surface area contributed by atoms with Gasteiger partial charge >= 0.3 is 0 Å². The third kappa shape index (κ3) is 8.14. The molecule has 7 heteroatoms. The molecule has 2 aromatic rings. The van der Waals surface area contributed by atoms with Crippen LogP contribution in [-0.2, 0) is 16.3 Å². The molecular formula is C18H18Cl3NOS2. The largest absolute Gasteiger partial charge is 0.355 e. The van der Waals surface area contributed by atoms with Gasteiger partial charge in [0.05, 0.1) is 15.8 Å². The molecule has 0 heterocycles. The summed E-state index contributed by atoms with van der Waals surface area (Å²) in [6.45, 7) is 0.671. The zero-order valence-corrected chi connectivity index (χ0v) is 17.3. The lowest BCUT2D eigenvalue weighted by atomic mass is 10.2. The highest BCUT2D eigenvalue weighted by atomic mass is 35.5. The van der Waals surface area contributed by atoms with Gasteiger partial charge in [0, 0.05) is 28.8 Å². The number of thioether (sulfide) groups is 2. The van der Waals surface area contributed by atoms with Crippen molar-refractivity contribution in [3.8, 4) is 0 Å². The minimum Gasteiger partial charge on any atom is -0.355 e. The summed E-state index contributed by atoms with van der Waals surface area (Å²) < 4.78 is 0. The topological polar surface area (TPSA) is 29.1 Å². The van der Waals surface area contributed by atoms with E-state index in [4.69, 9.17) is 34.8 Å². The Morgan fingerprint density at radius 3 is 2.28 bits per heavy atom. The fourth-order valence-electron chi connectivity index (χ4n) is 1.98. The molecule has 0 aliphatic heterocycles. The molecule has 2 rings (SSSR count). The normalized spacial score (nSPS) is 10.7. The average molecular weight is 435 g/mol. The number of halogens is 3. The highest BCUT2D eigenvalue weighted by molar-refractivity contribution is 7.99. The number of carbonyl (C=O) groups excluding carboxylic acids is 1. The Morgan fingerprint density at radius 2 is 1.56 bits per heavy atom. The molecule has 1 amide bonds. The molecule has 134 valence electrons. The van der Waals surface area contributed by atoms with Gasteiger partial charge in [0.15, 0.2) is 0 Å². The summed E-state index contributed by atoms with van der Waals surface area (Å²) in [6.07, 6.45) is 0. The summed E-state index contributed by atoms with van der Waals surface area (Å²) in [6, 6.07) is 13.4. The first-order chi connectivity index (χ1) is 12.0. The monoisotopic (exact) mass is 433 g/mol. The average Bonchev–Trinajstić information content (AvgIpc) is 2.59. The molecule has 2 aromatic carbocycles. The van der Waals surface area contributed by atoms with Crippen molar-refractivity contribution in [2.75, 3.05) is 18.1 Å². The summed E-state index contributed by atoms with van der Waals surface area (Å²) in [5.41, 5.74) is 2.30. The van der Waals surface area contributed by atoms with Gasteiger partial charge in [-0.2, -0.15) is 11.8 Å². The van der Waals surface area contributed by atoms with E-state index in [-0.39, 0.29) is 5.91 Å². The van der Waals surface area contributed by atoms with Crippen LogP contribution in [-0.4, -0.2) is 24.0 Å². The van der Waals surface area contributed by atoms with Gasteiger partial charge in [-0.25, -0.2) is 0 Å². The second kappa shape index (κ2) is 11.2. The summed E-state index contributed by atoms with van der Waals surface area (Å²) in [5, 5.41) is 4.77. The zero-order chi connectivity index (χ0) is 18.1. The summed E-state index contributed by atoms with van der Waals surface area (Å²) in [7, 11) is 0. The maximum Gasteiger partial charge on any atom is 0.230 e. The summed E-state index contributed by atoms with van der Waals surface area (Å²) in [4.78, 5) is 11.8. The maximum absolute atomic E-state index is 11.8. The number of hydrogen-bond donors (Lipinski definition) is 1. The van der Waals surface area contributed by atoms with Gasteiger partial charge in [-0.05, 0) is 35.4 Å². The molecule has 0 fully saturated rings. The van der Waals surface area contributed by atoms with Crippen LogP contribution < -0.4 is 5.32 Å². The zero-order valence-electron chi connectivity index (χ0n) is 13.4. The molecule has 0 saturated carbocycles. The first-order valence-corrected chi connectivity index (χ1v) is 11.1. The van der Waals surface area contributed by atoms with E-state index >= 15 is 0 Å². The third-order valence-electron chi connectivity index (χ3n) is 3.24. The second-order valence-electron chi connectivity index (χ2n) is 5.27. The fourth-order valence-corrected chi connectivity index (χ4v) is 4.05. The van der Waals surface area contributed by atoms with Crippen molar-refractivity contribution in [1.82, 2.24) is 5.32 Å². The highest BCUT2D eigenvalue weighted by Crippen LogP contribution is 2.24. The van der Waals surface area contributed by atoms with Crippen molar-refractivity contribution in [2.24, 2.45) is 0 Å². The Bertz CT molecular complexity index is 695. The third-order valence-corrected chi connectivity index (χ3v) is 6.26. The standard InChI is InChI=1S/C18H18Cl3NOS2/c19-15-4-1-13(2-5-15)10-24-8-7-22-18(23)12-25-11-14-3-6-16(20)17(21)9-14/h1-6,9H,7-8,10-12H2,(H,22,23). The molecule has 0 radical (unpaired) electrons. The lowest BCUT2D eigenvalue weighted by molar-refractivity contribution is -0.118. The van der Waals surface area contributed by atoms with Crippen LogP contribution in [0.5, 0.6) is 0 Å². The van der Waals surface area contributed by atoms with E-state index in [1.807, 2.05) is 36.4 Å². The molecule has 2 nitrogen and oxygen atoms in total. The van der Waals surface area contributed by atoms with Crippen molar-refractivity contribution in [3.05, 3.63) is 68.7 Å². The van der Waals surface area contributed by atoms with E-state index in [1.54, 1.807) is 29.6 Å². The molecule has 0 atom stereocenters. The SMILES string of the molecule is O=C(CSCc1ccc(Cl)c(Cl)c1)NCCSCc1ccc(Cl)cc1. The molecule has 0 aliphatic carbocycles. The van der Waals surface area contributed by atoms with Gasteiger partial charge in [0.1, 0.15) is 0 Å². The highest BCUT2D eigenvalue weighted by Gasteiger charge is 2.04. The summed E-state index contributed by atoms with van der Waals surface area (Å²) in [5.74, 6) is 3.01. The molecule has 0 unspecified atom stereocenters. The smallest absolute Gasteiger partial charge is 0.230 e. The number of amides is 1. The van der Waals surface area contributed by atoms with Crippen LogP contribution in [0.2, 0.25) is 15.1 Å². The van der Waals surface area contributed by atoms with Crippen LogP contribution in [0.4, 0.5) is 0 Å². The van der Waals surface area contributed by atoms with Gasteiger partial charge in [0.2, 0.25) is 5.91 Å². The lowest BCUT2D eigenvalue weighted by Gasteiger charge is -2.06. The number of benzene rings is 2. The quantitative estimate of drug-likeness (QED) is 0.496. The van der Waals surface area contributed by atoms with Gasteiger partial charge in [-0.3, -0.25) is 4.79 Å². The van der Waals surface area contributed by atoms with E-state index < -0.39 is 0 Å². The first kappa shape index (κ1) is 20.8. The fraction of sp³-hybridized carbons (Fsp3) is 0.278. The Balaban J connectivity index is 1.54. The van der Waals surface area contributed by atoms with Crippen molar-refractivity contribution in [1.29, 1.82) is 0 Å². The minimum absolute atomic E-state index is 0.0529. The van der Waals surface area contributed by atoms with Crippen LogP contribution >= 0.6 is 58.3 Å². The van der Waals surface area contributed by atoms with Crippen LogP contribution in [0, 0.1) is 0 Å². The van der Waals surface area contributed by atoms with E-state index in [1.165, 1.54) is 5.56 Å². The number of rotatable bonds is 9. The molecular weight excluding hydrogens is 417 g/mol. The first-order valence-electron chi connectivity index (χ1n) is 7.65. The number of hydrogen-bond acceptors (Lipinski definition) is 3. The second-order valence-corrected chi connectivity index (χ2v) is 8.61. The van der Waals surface area contributed by atoms with Gasteiger partial charge in [-0.1, -0.05) is 53.0 Å². The number of nitrogens with one attached hydrogen (secondary N) is 1. The van der Waals surface area contributed by atoms with Gasteiger partial charge < -0.3 is 5.32 Å². The predicted octanol–water partition coefficient (Wildman–Crippen LogP) is 5.93. The summed E-state index contributed by atoms with van der Waals surface area (Å²) >= 11 is 21.1. The molecule has 0 saturated heterocycles. The Morgan fingerprint density at radius 1 is 0.880 bits per heavy atom. The van der Waals surface area contributed by atoms with Crippen LogP contribution in [0.25, 0.3) is 0 Å². The van der Waals surface area contributed by atoms with Crippen molar-refractivity contribution >= 4 is 64.2 Å². The van der Waals surface area contributed by atoms with Crippen molar-refractivity contribution < 1.29 is 4.79 Å². The van der Waals surface area contributed by atoms with E-state index in [9.17, 15) is 4.79 Å². The molecule has 1 N–H and O–H groups in total. The van der Waals surface area contributed by atoms with Gasteiger partial charge in [-0.15, -0.1) is 11.8 Å². The molecule has 0 aromatic heterocycles. The number of carbonyl (C=O) groups is 1. The maximum atomic E-state index is 11.8. The minimum atomic E-state index is 0.0529. The molecule has 0 bridgehead atoms. The molecule has 25 heavy (non-hydrogen) atoms. The van der Waals surface area contributed by atoms with Crippen molar-refractivity contribution in [2.45, 2.75) is 11.5 Å². The van der Waals surface area contributed by atoms with Gasteiger partial charge in [0.25, 0.3) is 0 Å². The van der Waals surface area contributed by atoms with Crippen LogP contribution in [0.15, 0.2) is 42.5 Å². The van der Waals surface area contributed by atoms with E-state index in [0.29, 0.717) is 22.3 Å². The Labute approximate surface area is 172 Å². The molecule has 0 spiro atoms. The van der Waals surface area contributed by atoms with Crippen LogP contribution in [0.1, 0.15) is 11.1 Å².